The van der Waals surface area contributed by atoms with Crippen LogP contribution in [-0.4, -0.2) is 33.4 Å². The van der Waals surface area contributed by atoms with Gasteiger partial charge in [-0.15, -0.1) is 11.8 Å². The quantitative estimate of drug-likeness (QED) is 0.805. The smallest absolute Gasteiger partial charge is 0.330 e. The van der Waals surface area contributed by atoms with Crippen molar-refractivity contribution in [3.63, 3.8) is 0 Å². The average molecular weight is 305 g/mol. The Morgan fingerprint density at radius 1 is 1.43 bits per heavy atom. The molecule has 0 aromatic heterocycles. The highest BCUT2D eigenvalue weighted by atomic mass is 32.2. The van der Waals surface area contributed by atoms with Gasteiger partial charge in [0.1, 0.15) is 12.6 Å². The van der Waals surface area contributed by atoms with Crippen molar-refractivity contribution in [3.8, 4) is 0 Å². The van der Waals surface area contributed by atoms with Crippen molar-refractivity contribution in [2.45, 2.75) is 44.2 Å². The molecule has 4 nitrogen and oxygen atoms in total. The summed E-state index contributed by atoms with van der Waals surface area (Å²) in [5.41, 5.74) is 2.14. The first-order chi connectivity index (χ1) is 9.99. The van der Waals surface area contributed by atoms with E-state index in [0.29, 0.717) is 12.2 Å². The van der Waals surface area contributed by atoms with E-state index in [-0.39, 0.29) is 23.4 Å². The van der Waals surface area contributed by atoms with Gasteiger partial charge in [0.2, 0.25) is 5.91 Å². The molecule has 2 aliphatic heterocycles. The molecule has 0 bridgehead atoms. The predicted molar refractivity (Wildman–Crippen MR) is 81.7 cm³/mol. The van der Waals surface area contributed by atoms with Gasteiger partial charge in [0.15, 0.2) is 0 Å². The van der Waals surface area contributed by atoms with Crippen LogP contribution in [0.3, 0.4) is 0 Å². The maximum Gasteiger partial charge on any atom is 0.330 e. The monoisotopic (exact) mass is 305 g/mol. The molecule has 0 aliphatic carbocycles. The number of rotatable bonds is 3. The zero-order valence-corrected chi connectivity index (χ0v) is 13.1. The van der Waals surface area contributed by atoms with Gasteiger partial charge in [-0.05, 0) is 25.8 Å². The third-order valence-electron chi connectivity index (χ3n) is 4.22. The number of esters is 1. The first-order valence-electron chi connectivity index (χ1n) is 7.18. The van der Waals surface area contributed by atoms with Crippen LogP contribution in [0, 0.1) is 6.92 Å². The summed E-state index contributed by atoms with van der Waals surface area (Å²) < 4.78 is 5.41. The van der Waals surface area contributed by atoms with Crippen LogP contribution < -0.4 is 0 Å². The fourth-order valence-electron chi connectivity index (χ4n) is 2.93. The highest BCUT2D eigenvalue weighted by molar-refractivity contribution is 8.01. The SMILES string of the molecule is Cc1ccc(COC(=O)[C@H]2CS[C@@]3(C)CCC(=O)N23)cc1. The minimum Gasteiger partial charge on any atom is -0.459 e. The molecule has 0 unspecified atom stereocenters. The molecule has 2 fully saturated rings. The van der Waals surface area contributed by atoms with Crippen LogP contribution in [0.2, 0.25) is 0 Å². The lowest BCUT2D eigenvalue weighted by molar-refractivity contribution is -0.154. The van der Waals surface area contributed by atoms with Crippen LogP contribution in [0.5, 0.6) is 0 Å². The molecule has 1 aromatic carbocycles. The van der Waals surface area contributed by atoms with Crippen molar-refractivity contribution in [1.29, 1.82) is 0 Å². The number of carbonyl (C=O) groups is 2. The van der Waals surface area contributed by atoms with Gasteiger partial charge in [0, 0.05) is 12.2 Å². The molecular weight excluding hydrogens is 286 g/mol. The van der Waals surface area contributed by atoms with E-state index in [0.717, 1.165) is 12.0 Å². The Hall–Kier alpha value is -1.49. The van der Waals surface area contributed by atoms with Crippen molar-refractivity contribution < 1.29 is 14.3 Å². The molecule has 112 valence electrons. The van der Waals surface area contributed by atoms with E-state index < -0.39 is 6.04 Å². The van der Waals surface area contributed by atoms with Crippen LogP contribution in [0.4, 0.5) is 0 Å². The zero-order chi connectivity index (χ0) is 15.0. The summed E-state index contributed by atoms with van der Waals surface area (Å²) in [5, 5.41) is 0. The average Bonchev–Trinajstić information content (AvgIpc) is 2.95. The molecule has 2 atom stereocenters. The molecule has 0 N–H and O–H groups in total. The summed E-state index contributed by atoms with van der Waals surface area (Å²) in [6, 6.07) is 7.47. The Morgan fingerprint density at radius 3 is 2.86 bits per heavy atom. The van der Waals surface area contributed by atoms with Crippen molar-refractivity contribution >= 4 is 23.6 Å². The Labute approximate surface area is 128 Å². The molecule has 0 saturated carbocycles. The van der Waals surface area contributed by atoms with E-state index in [1.165, 1.54) is 5.56 Å². The zero-order valence-electron chi connectivity index (χ0n) is 12.3. The molecule has 0 radical (unpaired) electrons. The van der Waals surface area contributed by atoms with Gasteiger partial charge in [-0.3, -0.25) is 4.79 Å². The Balaban J connectivity index is 1.63. The predicted octanol–water partition coefficient (Wildman–Crippen LogP) is 2.49. The second-order valence-electron chi connectivity index (χ2n) is 5.86. The summed E-state index contributed by atoms with van der Waals surface area (Å²) in [7, 11) is 0. The summed E-state index contributed by atoms with van der Waals surface area (Å²) in [5.74, 6) is 0.413. The van der Waals surface area contributed by atoms with Gasteiger partial charge in [-0.2, -0.15) is 0 Å². The standard InChI is InChI=1S/C16H19NO3S/c1-11-3-5-12(6-4-11)9-20-15(19)13-10-21-16(2)8-7-14(18)17(13)16/h3-6,13H,7-10H2,1-2H3/t13-,16+/m1/s1. The number of thioether (sulfide) groups is 1. The molecule has 3 rings (SSSR count). The topological polar surface area (TPSA) is 46.6 Å². The lowest BCUT2D eigenvalue weighted by Gasteiger charge is -2.29. The van der Waals surface area contributed by atoms with E-state index >= 15 is 0 Å². The van der Waals surface area contributed by atoms with Crippen LogP contribution in [-0.2, 0) is 20.9 Å². The summed E-state index contributed by atoms with van der Waals surface area (Å²) >= 11 is 1.68. The lowest BCUT2D eigenvalue weighted by atomic mass is 10.2. The van der Waals surface area contributed by atoms with Gasteiger partial charge in [0.05, 0.1) is 4.87 Å². The summed E-state index contributed by atoms with van der Waals surface area (Å²) in [4.78, 5) is 25.8. The number of aryl methyl sites for hydroxylation is 1. The van der Waals surface area contributed by atoms with E-state index in [1.807, 2.05) is 38.1 Å². The second kappa shape index (κ2) is 5.37. The highest BCUT2D eigenvalue weighted by Crippen LogP contribution is 2.47. The van der Waals surface area contributed by atoms with Gasteiger partial charge in [-0.25, -0.2) is 4.79 Å². The van der Waals surface area contributed by atoms with E-state index in [1.54, 1.807) is 16.7 Å². The minimum atomic E-state index is -0.430. The Kier molecular flexibility index (Phi) is 3.69. The molecular formula is C16H19NO3S. The van der Waals surface area contributed by atoms with Crippen molar-refractivity contribution in [2.24, 2.45) is 0 Å². The van der Waals surface area contributed by atoms with Crippen molar-refractivity contribution in [2.75, 3.05) is 5.75 Å². The van der Waals surface area contributed by atoms with Crippen molar-refractivity contribution in [1.82, 2.24) is 4.90 Å². The van der Waals surface area contributed by atoms with Crippen LogP contribution in [0.25, 0.3) is 0 Å². The molecule has 1 amide bonds. The highest BCUT2D eigenvalue weighted by Gasteiger charge is 2.53. The van der Waals surface area contributed by atoms with E-state index in [9.17, 15) is 9.59 Å². The van der Waals surface area contributed by atoms with Gasteiger partial charge >= 0.3 is 5.97 Å². The number of hydrogen-bond donors (Lipinski definition) is 0. The minimum absolute atomic E-state index is 0.0692. The lowest BCUT2D eigenvalue weighted by Crippen LogP contribution is -2.46. The Morgan fingerprint density at radius 2 is 2.14 bits per heavy atom. The summed E-state index contributed by atoms with van der Waals surface area (Å²) in [6.07, 6.45) is 1.35. The van der Waals surface area contributed by atoms with Gasteiger partial charge < -0.3 is 9.64 Å². The fourth-order valence-corrected chi connectivity index (χ4v) is 4.35. The number of fused-ring (bicyclic) bond motifs is 1. The number of amides is 1. The van der Waals surface area contributed by atoms with Crippen LogP contribution in [0.15, 0.2) is 24.3 Å². The maximum atomic E-state index is 12.3. The molecule has 21 heavy (non-hydrogen) atoms. The number of nitrogens with zero attached hydrogens (tertiary/aromatic N) is 1. The van der Waals surface area contributed by atoms with Gasteiger partial charge in [0.25, 0.3) is 0 Å². The molecule has 0 spiro atoms. The molecule has 2 heterocycles. The van der Waals surface area contributed by atoms with E-state index in [2.05, 4.69) is 0 Å². The molecule has 2 aliphatic rings. The van der Waals surface area contributed by atoms with Crippen LogP contribution >= 0.6 is 11.8 Å². The number of benzene rings is 1. The Bertz CT molecular complexity index is 571. The van der Waals surface area contributed by atoms with Crippen molar-refractivity contribution in [3.05, 3.63) is 35.4 Å². The molecule has 1 aromatic rings. The van der Waals surface area contributed by atoms with Crippen LogP contribution in [0.1, 0.15) is 30.9 Å². The first kappa shape index (κ1) is 14.4. The van der Waals surface area contributed by atoms with Gasteiger partial charge in [-0.1, -0.05) is 29.8 Å². The first-order valence-corrected chi connectivity index (χ1v) is 8.16. The maximum absolute atomic E-state index is 12.3. The number of ether oxygens (including phenoxy) is 1. The summed E-state index contributed by atoms with van der Waals surface area (Å²) in [6.45, 7) is 4.32. The fraction of sp³-hybridized carbons (Fsp3) is 0.500. The second-order valence-corrected chi connectivity index (χ2v) is 7.36. The largest absolute Gasteiger partial charge is 0.459 e. The third kappa shape index (κ3) is 2.67. The third-order valence-corrected chi connectivity index (χ3v) is 5.72. The normalized spacial score (nSPS) is 27.8. The number of hydrogen-bond acceptors (Lipinski definition) is 4. The number of carbonyl (C=O) groups excluding carboxylic acids is 2. The van der Waals surface area contributed by atoms with E-state index in [4.69, 9.17) is 4.74 Å². The molecule has 5 heteroatoms. The molecule has 2 saturated heterocycles.